The SMILES string of the molecule is Oc1c(F)ccc(C(F)(F)F)c1[C@@H]1CCCCN1. The van der Waals surface area contributed by atoms with Crippen LogP contribution in [0.5, 0.6) is 5.75 Å². The first-order valence-corrected chi connectivity index (χ1v) is 5.73. The van der Waals surface area contributed by atoms with Gasteiger partial charge in [-0.2, -0.15) is 13.2 Å². The second-order valence-electron chi connectivity index (χ2n) is 4.36. The lowest BCUT2D eigenvalue weighted by atomic mass is 9.92. The van der Waals surface area contributed by atoms with Crippen LogP contribution in [0.1, 0.15) is 36.4 Å². The van der Waals surface area contributed by atoms with Crippen LogP contribution < -0.4 is 5.32 Å². The van der Waals surface area contributed by atoms with Gasteiger partial charge in [-0.05, 0) is 31.5 Å². The van der Waals surface area contributed by atoms with Crippen molar-refractivity contribution >= 4 is 0 Å². The lowest BCUT2D eigenvalue weighted by Crippen LogP contribution is -2.29. The summed E-state index contributed by atoms with van der Waals surface area (Å²) in [6.45, 7) is 0.567. The molecule has 6 heteroatoms. The maximum Gasteiger partial charge on any atom is 0.416 e. The fourth-order valence-electron chi connectivity index (χ4n) is 2.28. The van der Waals surface area contributed by atoms with Crippen molar-refractivity contribution in [1.82, 2.24) is 5.32 Å². The van der Waals surface area contributed by atoms with Crippen LogP contribution in [0.2, 0.25) is 0 Å². The lowest BCUT2D eigenvalue weighted by Gasteiger charge is -2.27. The fourth-order valence-corrected chi connectivity index (χ4v) is 2.28. The third kappa shape index (κ3) is 2.43. The number of alkyl halides is 3. The van der Waals surface area contributed by atoms with E-state index in [1.807, 2.05) is 0 Å². The Kier molecular flexibility index (Phi) is 3.47. The monoisotopic (exact) mass is 263 g/mol. The summed E-state index contributed by atoms with van der Waals surface area (Å²) in [5.41, 5.74) is -1.34. The number of hydrogen-bond donors (Lipinski definition) is 2. The summed E-state index contributed by atoms with van der Waals surface area (Å²) in [4.78, 5) is 0. The van der Waals surface area contributed by atoms with Gasteiger partial charge in [-0.25, -0.2) is 4.39 Å². The largest absolute Gasteiger partial charge is 0.505 e. The predicted molar refractivity (Wildman–Crippen MR) is 57.7 cm³/mol. The first-order valence-electron chi connectivity index (χ1n) is 5.73. The highest BCUT2D eigenvalue weighted by Crippen LogP contribution is 2.41. The van der Waals surface area contributed by atoms with Crippen molar-refractivity contribution in [3.8, 4) is 5.75 Å². The van der Waals surface area contributed by atoms with Crippen LogP contribution in [0, 0.1) is 5.82 Å². The van der Waals surface area contributed by atoms with Crippen molar-refractivity contribution in [1.29, 1.82) is 0 Å². The number of nitrogens with one attached hydrogen (secondary N) is 1. The molecule has 0 bridgehead atoms. The summed E-state index contributed by atoms with van der Waals surface area (Å²) in [5, 5.41) is 12.5. The van der Waals surface area contributed by atoms with Crippen molar-refractivity contribution in [3.05, 3.63) is 29.1 Å². The van der Waals surface area contributed by atoms with Crippen LogP contribution >= 0.6 is 0 Å². The van der Waals surface area contributed by atoms with Crippen LogP contribution in [0.4, 0.5) is 17.6 Å². The molecule has 1 saturated heterocycles. The molecule has 1 heterocycles. The van der Waals surface area contributed by atoms with Crippen molar-refractivity contribution in [2.24, 2.45) is 0 Å². The summed E-state index contributed by atoms with van der Waals surface area (Å²) in [5.74, 6) is -1.92. The van der Waals surface area contributed by atoms with Gasteiger partial charge in [-0.3, -0.25) is 0 Å². The van der Waals surface area contributed by atoms with Crippen LogP contribution in [0.25, 0.3) is 0 Å². The van der Waals surface area contributed by atoms with Gasteiger partial charge in [-0.15, -0.1) is 0 Å². The van der Waals surface area contributed by atoms with Gasteiger partial charge >= 0.3 is 6.18 Å². The molecule has 2 nitrogen and oxygen atoms in total. The number of halogens is 4. The minimum atomic E-state index is -4.60. The highest BCUT2D eigenvalue weighted by molar-refractivity contribution is 5.44. The van der Waals surface area contributed by atoms with E-state index in [0.717, 1.165) is 12.8 Å². The molecule has 0 radical (unpaired) electrons. The third-order valence-corrected chi connectivity index (χ3v) is 3.13. The standard InChI is InChI=1S/C12H13F4NO/c13-8-5-4-7(12(14,15)16)10(11(8)18)9-3-1-2-6-17-9/h4-5,9,17-18H,1-3,6H2/t9-/m0/s1. The zero-order valence-electron chi connectivity index (χ0n) is 9.52. The number of piperidine rings is 1. The van der Waals surface area contributed by atoms with Gasteiger partial charge in [0, 0.05) is 11.6 Å². The molecular formula is C12H13F4NO. The van der Waals surface area contributed by atoms with Crippen molar-refractivity contribution in [2.45, 2.75) is 31.5 Å². The Hall–Kier alpha value is -1.30. The van der Waals surface area contributed by atoms with E-state index >= 15 is 0 Å². The molecule has 0 amide bonds. The minimum Gasteiger partial charge on any atom is -0.505 e. The Morgan fingerprint density at radius 1 is 1.22 bits per heavy atom. The Morgan fingerprint density at radius 2 is 1.94 bits per heavy atom. The number of hydrogen-bond acceptors (Lipinski definition) is 2. The normalized spacial score (nSPS) is 21.0. The molecule has 1 atom stereocenters. The fraction of sp³-hybridized carbons (Fsp3) is 0.500. The van der Waals surface area contributed by atoms with Gasteiger partial charge in [0.1, 0.15) is 0 Å². The zero-order chi connectivity index (χ0) is 13.3. The molecule has 2 N–H and O–H groups in total. The van der Waals surface area contributed by atoms with E-state index in [0.29, 0.717) is 25.1 Å². The number of phenols is 1. The number of rotatable bonds is 1. The maximum atomic E-state index is 13.3. The summed E-state index contributed by atoms with van der Waals surface area (Å²) < 4.78 is 51.8. The Morgan fingerprint density at radius 3 is 2.50 bits per heavy atom. The smallest absolute Gasteiger partial charge is 0.416 e. The van der Waals surface area contributed by atoms with E-state index in [1.165, 1.54) is 0 Å². The summed E-state index contributed by atoms with van der Waals surface area (Å²) in [6, 6.07) is 0.677. The van der Waals surface area contributed by atoms with E-state index in [1.54, 1.807) is 0 Å². The first-order chi connectivity index (χ1) is 8.41. The quantitative estimate of drug-likeness (QED) is 0.761. The van der Waals surface area contributed by atoms with Crippen molar-refractivity contribution in [3.63, 3.8) is 0 Å². The van der Waals surface area contributed by atoms with E-state index < -0.39 is 29.3 Å². The molecule has 1 aromatic carbocycles. The van der Waals surface area contributed by atoms with Gasteiger partial charge in [-0.1, -0.05) is 6.42 Å². The van der Waals surface area contributed by atoms with Crippen molar-refractivity contribution in [2.75, 3.05) is 6.54 Å². The van der Waals surface area contributed by atoms with Gasteiger partial charge in [0.2, 0.25) is 0 Å². The minimum absolute atomic E-state index is 0.373. The molecule has 0 aliphatic carbocycles. The van der Waals surface area contributed by atoms with Gasteiger partial charge in [0.15, 0.2) is 11.6 Å². The van der Waals surface area contributed by atoms with E-state index in [-0.39, 0.29) is 5.56 Å². The van der Waals surface area contributed by atoms with E-state index in [4.69, 9.17) is 0 Å². The number of aromatic hydroxyl groups is 1. The van der Waals surface area contributed by atoms with Crippen LogP contribution in [-0.2, 0) is 6.18 Å². The van der Waals surface area contributed by atoms with Crippen LogP contribution in [0.15, 0.2) is 12.1 Å². The first kappa shape index (κ1) is 13.1. The van der Waals surface area contributed by atoms with Crippen LogP contribution in [0.3, 0.4) is 0 Å². The highest BCUT2D eigenvalue weighted by Gasteiger charge is 2.37. The molecular weight excluding hydrogens is 250 g/mol. The Labute approximate surface area is 102 Å². The molecule has 1 aliphatic rings. The number of phenolic OH excluding ortho intramolecular Hbond substituents is 1. The third-order valence-electron chi connectivity index (χ3n) is 3.13. The van der Waals surface area contributed by atoms with Gasteiger partial charge < -0.3 is 10.4 Å². The predicted octanol–water partition coefficient (Wildman–Crippen LogP) is 3.36. The molecule has 1 aromatic rings. The Bertz CT molecular complexity index is 438. The molecule has 0 unspecified atom stereocenters. The molecule has 0 aromatic heterocycles. The van der Waals surface area contributed by atoms with E-state index in [2.05, 4.69) is 5.32 Å². The second-order valence-corrected chi connectivity index (χ2v) is 4.36. The molecule has 100 valence electrons. The molecule has 0 spiro atoms. The maximum absolute atomic E-state index is 13.3. The highest BCUT2D eigenvalue weighted by atomic mass is 19.4. The molecule has 2 rings (SSSR count). The molecule has 0 saturated carbocycles. The van der Waals surface area contributed by atoms with Gasteiger partial charge in [0.05, 0.1) is 5.56 Å². The van der Waals surface area contributed by atoms with Crippen molar-refractivity contribution < 1.29 is 22.7 Å². The summed E-state index contributed by atoms with van der Waals surface area (Å²) in [7, 11) is 0. The zero-order valence-corrected chi connectivity index (χ0v) is 9.52. The average Bonchev–Trinajstić information content (AvgIpc) is 2.32. The number of benzene rings is 1. The average molecular weight is 263 g/mol. The van der Waals surface area contributed by atoms with Crippen LogP contribution in [-0.4, -0.2) is 11.7 Å². The second kappa shape index (κ2) is 4.76. The Balaban J connectivity index is 2.50. The topological polar surface area (TPSA) is 32.3 Å². The summed E-state index contributed by atoms with van der Waals surface area (Å²) >= 11 is 0. The summed E-state index contributed by atoms with van der Waals surface area (Å²) in [6.07, 6.45) is -2.52. The molecule has 1 aliphatic heterocycles. The lowest BCUT2D eigenvalue weighted by molar-refractivity contribution is -0.138. The van der Waals surface area contributed by atoms with E-state index in [9.17, 15) is 22.7 Å². The van der Waals surface area contributed by atoms with Gasteiger partial charge in [0.25, 0.3) is 0 Å². The molecule has 1 fully saturated rings. The molecule has 18 heavy (non-hydrogen) atoms.